The summed E-state index contributed by atoms with van der Waals surface area (Å²) in [4.78, 5) is 193. The van der Waals surface area contributed by atoms with Crippen LogP contribution < -0.4 is 16.0 Å². The highest BCUT2D eigenvalue weighted by Gasteiger charge is 2.52. The van der Waals surface area contributed by atoms with Crippen LogP contribution in [0, 0.1) is 30.6 Å². The number of rotatable bonds is 13. The van der Waals surface area contributed by atoms with Crippen LogP contribution in [0.2, 0.25) is 5.02 Å². The summed E-state index contributed by atoms with van der Waals surface area (Å²) in [6.07, 6.45) is 3.04. The molecule has 2 aromatic rings. The smallest absolute Gasteiger partial charge is 0.347 e. The predicted octanol–water partition coefficient (Wildman–Crippen LogP) is 7.03. The Kier molecular flexibility index (Phi) is 29.5. The van der Waals surface area contributed by atoms with Crippen LogP contribution in [-0.4, -0.2) is 251 Å². The van der Waals surface area contributed by atoms with Gasteiger partial charge in [-0.05, 0) is 119 Å². The van der Waals surface area contributed by atoms with Crippen LogP contribution in [0.5, 0.6) is 0 Å². The molecule has 0 aromatic heterocycles. The number of carbonyl (C=O) groups excluding carboxylic acids is 12. The van der Waals surface area contributed by atoms with Gasteiger partial charge in [-0.25, -0.2) is 0 Å². The Morgan fingerprint density at radius 2 is 1.26 bits per heavy atom. The van der Waals surface area contributed by atoms with Crippen molar-refractivity contribution in [2.24, 2.45) is 23.7 Å². The number of nitrogens with zero attached hydrogens (tertiary/aromatic N) is 9. The second kappa shape index (κ2) is 36.6. The van der Waals surface area contributed by atoms with Gasteiger partial charge in [0.1, 0.15) is 59.9 Å². The van der Waals surface area contributed by atoms with Gasteiger partial charge in [0.25, 0.3) is 0 Å². The first kappa shape index (κ1) is 84.4. The molecule has 105 heavy (non-hydrogen) atoms. The minimum Gasteiger partial charge on any atom is -0.347 e. The zero-order chi connectivity index (χ0) is 77.9. The average Bonchev–Trinajstić information content (AvgIpc) is 1.59. The third-order valence-electron chi connectivity index (χ3n) is 23.0. The molecule has 2 aliphatic heterocycles. The lowest BCUT2D eigenvalue weighted by molar-refractivity contribution is -0.160. The zero-order valence-electron chi connectivity index (χ0n) is 64.2. The molecule has 5 fully saturated rings. The zero-order valence-corrected chi connectivity index (χ0v) is 65.0. The Bertz CT molecular complexity index is 3470. The van der Waals surface area contributed by atoms with Crippen LogP contribution in [-0.2, 0) is 76.6 Å². The Balaban J connectivity index is 1.34. The van der Waals surface area contributed by atoms with Crippen LogP contribution in [0.4, 0.5) is 13.2 Å². The number of benzene rings is 2. The van der Waals surface area contributed by atoms with Crippen molar-refractivity contribution in [3.63, 3.8) is 0 Å². The number of alkyl halides is 3. The maximum Gasteiger partial charge on any atom is 0.417 e. The number of halogens is 4. The Hall–Kier alpha value is -7.84. The molecule has 2 aromatic carbocycles. The summed E-state index contributed by atoms with van der Waals surface area (Å²) in [7, 11) is 12.9. The summed E-state index contributed by atoms with van der Waals surface area (Å²) >= 11 is 6.21. The van der Waals surface area contributed by atoms with E-state index in [0.29, 0.717) is 37.7 Å². The normalized spacial score (nSPS) is 26.5. The molecule has 24 nitrogen and oxygen atoms in total. The largest absolute Gasteiger partial charge is 0.417 e. The van der Waals surface area contributed by atoms with Crippen LogP contribution in [0.3, 0.4) is 0 Å². The predicted molar refractivity (Wildman–Crippen MR) is 391 cm³/mol. The van der Waals surface area contributed by atoms with Crippen molar-refractivity contribution in [3.8, 4) is 0 Å². The first-order valence-electron chi connectivity index (χ1n) is 37.5. The molecule has 12 amide bonds. The molecule has 0 bridgehead atoms. The van der Waals surface area contributed by atoms with Gasteiger partial charge in [-0.15, -0.1) is 0 Å². The van der Waals surface area contributed by atoms with Crippen LogP contribution in [0.1, 0.15) is 179 Å². The minimum absolute atomic E-state index is 0.00495. The number of amides is 12. The van der Waals surface area contributed by atoms with Gasteiger partial charge >= 0.3 is 6.18 Å². The van der Waals surface area contributed by atoms with Crippen molar-refractivity contribution >= 4 is 82.5 Å². The highest BCUT2D eigenvalue weighted by molar-refractivity contribution is 6.31. The van der Waals surface area contributed by atoms with Gasteiger partial charge in [0.15, 0.2) is 0 Å². The van der Waals surface area contributed by atoms with E-state index in [1.54, 1.807) is 19.1 Å². The Morgan fingerprint density at radius 1 is 0.657 bits per heavy atom. The van der Waals surface area contributed by atoms with Crippen molar-refractivity contribution < 1.29 is 70.7 Å². The summed E-state index contributed by atoms with van der Waals surface area (Å²) in [6, 6.07) is -1.04. The fourth-order valence-electron chi connectivity index (χ4n) is 15.8. The second-order valence-electron chi connectivity index (χ2n) is 31.1. The number of hydrogen-bond donors (Lipinski definition) is 3. The third kappa shape index (κ3) is 20.5. The lowest BCUT2D eigenvalue weighted by Crippen LogP contribution is -2.65. The molecular formula is C77H114ClF3N12O12. The molecule has 10 atom stereocenters. The standard InChI is InChI=1S/C77H114ClF3N12O12/c1-16-48(5)64-73(103)87(10)49(6)68(98)93-39-36-57(93)72(102)90(13)60(43-50-24-18-17-19-25-50)71(101)86(9)45-62(94)82-56(35-33-51-32-34-54(55(78)41-51)77(79,80)81)69(99)89(12)59(42-52-30-28-47(4)29-31-52)67(97)84-76(37-22-23-38-76)75(105)92(15)65(53-26-20-21-27-53)74(104)91(14)61(70(100)85(7)8)44-63(95)88(11)58(40-46(2)3)66(96)83-64/h28-32,34,41,46,48-50,53,56-61,64-65H,16-27,33,35-40,42-45H2,1-15H3,(H,82,94)(H,83,96)(H,84,97)/t48-,49-,56-,57-,58-,59-,60-,61-,64-,65-/m0/s1. The van der Waals surface area contributed by atoms with E-state index in [1.807, 2.05) is 39.8 Å². The van der Waals surface area contributed by atoms with Gasteiger partial charge < -0.3 is 60.0 Å². The maximum absolute atomic E-state index is 15.8. The number of hydrogen-bond acceptors (Lipinski definition) is 12. The molecule has 2 heterocycles. The number of aryl methyl sites for hydroxylation is 2. The molecule has 3 saturated carbocycles. The molecule has 28 heteroatoms. The minimum atomic E-state index is -4.78. The van der Waals surface area contributed by atoms with Gasteiger partial charge in [-0.1, -0.05) is 139 Å². The van der Waals surface area contributed by atoms with Gasteiger partial charge in [-0.2, -0.15) is 13.2 Å². The van der Waals surface area contributed by atoms with Gasteiger partial charge in [0.2, 0.25) is 70.9 Å². The molecule has 3 aliphatic carbocycles. The monoisotopic (exact) mass is 1490 g/mol. The summed E-state index contributed by atoms with van der Waals surface area (Å²) < 4.78 is 42.0. The highest BCUT2D eigenvalue weighted by atomic mass is 35.5. The maximum atomic E-state index is 15.8. The van der Waals surface area contributed by atoms with E-state index in [0.717, 1.165) is 72.4 Å². The van der Waals surface area contributed by atoms with E-state index >= 15 is 24.0 Å². The number of nitrogens with one attached hydrogen (secondary N) is 3. The summed E-state index contributed by atoms with van der Waals surface area (Å²) in [5, 5.41) is 8.21. The molecule has 1 spiro atoms. The van der Waals surface area contributed by atoms with Crippen LogP contribution in [0.25, 0.3) is 0 Å². The van der Waals surface area contributed by atoms with Crippen LogP contribution in [0.15, 0.2) is 42.5 Å². The summed E-state index contributed by atoms with van der Waals surface area (Å²) in [6.45, 7) is 10.2. The number of likely N-dealkylation sites (N-methyl/N-ethyl adjacent to an activating group) is 8. The average molecular weight is 1490 g/mol. The first-order chi connectivity index (χ1) is 49.3. The highest BCUT2D eigenvalue weighted by Crippen LogP contribution is 2.39. The number of fused-ring (bicyclic) bond motifs is 1. The Morgan fingerprint density at radius 3 is 1.82 bits per heavy atom. The fraction of sp³-hybridized carbons (Fsp3) is 0.688. The summed E-state index contributed by atoms with van der Waals surface area (Å²) in [5.74, 6) is -9.16. The van der Waals surface area contributed by atoms with E-state index in [-0.39, 0.29) is 75.3 Å². The van der Waals surface area contributed by atoms with Gasteiger partial charge in [0, 0.05) is 76.4 Å². The fourth-order valence-corrected chi connectivity index (χ4v) is 16.1. The molecule has 2 saturated heterocycles. The van der Waals surface area contributed by atoms with Gasteiger partial charge in [0.05, 0.1) is 23.6 Å². The molecule has 0 unspecified atom stereocenters. The van der Waals surface area contributed by atoms with Crippen molar-refractivity contribution in [3.05, 3.63) is 69.7 Å². The number of carbonyl (C=O) groups is 12. The van der Waals surface area contributed by atoms with Crippen molar-refractivity contribution in [1.29, 1.82) is 0 Å². The van der Waals surface area contributed by atoms with Crippen molar-refractivity contribution in [2.75, 3.05) is 76.5 Å². The van der Waals surface area contributed by atoms with E-state index in [4.69, 9.17) is 11.6 Å². The van der Waals surface area contributed by atoms with E-state index < -0.39 is 172 Å². The lowest BCUT2D eigenvalue weighted by Gasteiger charge is -2.45. The topological polar surface area (TPSA) is 270 Å². The summed E-state index contributed by atoms with van der Waals surface area (Å²) in [5.41, 5.74) is -0.964. The molecular weight excluding hydrogens is 1380 g/mol. The molecule has 0 radical (unpaired) electrons. The quantitative estimate of drug-likeness (QED) is 0.183. The first-order valence-corrected chi connectivity index (χ1v) is 37.9. The third-order valence-corrected chi connectivity index (χ3v) is 23.3. The SMILES string of the molecule is CC[C@H](C)[C@@H]1NC(=O)[C@H](CC(C)C)N(C)C(=O)C[C@@H](C(=O)N(C)C)N(C)C(=O)[C@H](C2CCCC2)N(C)C(=O)C2(CCCC2)NC(=O)[C@H](Cc2ccc(C)cc2)N(C)C(=O)[C@H](CCc2ccc(C(F)(F)F)c(Cl)c2)NC(=O)CN(C)C(=O)[C@H](CC2CCCCC2)N(C)C(=O)[C@@H]2CCN2C(=O)[C@H](C)N(C)C1=O. The molecule has 3 N–H and O–H groups in total. The molecule has 5 aliphatic rings. The van der Waals surface area contributed by atoms with Gasteiger partial charge in [-0.3, -0.25) is 57.5 Å². The second-order valence-corrected chi connectivity index (χ2v) is 31.5. The Labute approximate surface area is 622 Å². The van der Waals surface area contributed by atoms with Crippen LogP contribution >= 0.6 is 11.6 Å². The van der Waals surface area contributed by atoms with E-state index in [1.165, 1.54) is 111 Å². The van der Waals surface area contributed by atoms with E-state index in [9.17, 15) is 46.7 Å². The van der Waals surface area contributed by atoms with Crippen molar-refractivity contribution in [2.45, 2.75) is 242 Å². The lowest BCUT2D eigenvalue weighted by atomic mass is 9.84. The molecule has 582 valence electrons. The van der Waals surface area contributed by atoms with Crippen molar-refractivity contribution in [1.82, 2.24) is 60.0 Å². The molecule has 7 rings (SSSR count). The van der Waals surface area contributed by atoms with E-state index in [2.05, 4.69) is 16.0 Å².